The molecule has 1 N–H and O–H groups in total. The van der Waals surface area contributed by atoms with Crippen molar-refractivity contribution in [1.82, 2.24) is 0 Å². The van der Waals surface area contributed by atoms with Gasteiger partial charge in [-0.05, 0) is 18.1 Å². The van der Waals surface area contributed by atoms with E-state index < -0.39 is 12.5 Å². The van der Waals surface area contributed by atoms with Gasteiger partial charge in [0.1, 0.15) is 0 Å². The van der Waals surface area contributed by atoms with Crippen LogP contribution in [0, 0.1) is 0 Å². The van der Waals surface area contributed by atoms with E-state index in [1.165, 1.54) is 44.2 Å². The summed E-state index contributed by atoms with van der Waals surface area (Å²) in [5.74, 6) is 0. The molecule has 1 aromatic rings. The first kappa shape index (κ1) is 17.1. The van der Waals surface area contributed by atoms with Crippen LogP contribution < -0.4 is 0 Å². The van der Waals surface area contributed by atoms with Crippen molar-refractivity contribution in [2.75, 3.05) is 0 Å². The highest BCUT2D eigenvalue weighted by molar-refractivity contribution is 5.25. The van der Waals surface area contributed by atoms with Gasteiger partial charge in [0.05, 0.1) is 6.10 Å². The third kappa shape index (κ3) is 6.47. The van der Waals surface area contributed by atoms with Crippen molar-refractivity contribution in [3.8, 4) is 0 Å². The number of alkyl halides is 2. The maximum Gasteiger partial charge on any atom is 0.263 e. The van der Waals surface area contributed by atoms with E-state index in [1.807, 2.05) is 0 Å². The van der Waals surface area contributed by atoms with Gasteiger partial charge in [0, 0.05) is 5.56 Å². The lowest BCUT2D eigenvalue weighted by atomic mass is 10.0. The Kier molecular flexibility index (Phi) is 8.43. The van der Waals surface area contributed by atoms with Gasteiger partial charge in [0.25, 0.3) is 6.43 Å². The highest BCUT2D eigenvalue weighted by atomic mass is 19.3. The minimum atomic E-state index is -2.47. The van der Waals surface area contributed by atoms with Crippen LogP contribution in [0.15, 0.2) is 24.3 Å². The van der Waals surface area contributed by atoms with Gasteiger partial charge in [-0.3, -0.25) is 0 Å². The molecule has 0 bridgehead atoms. The highest BCUT2D eigenvalue weighted by Crippen LogP contribution is 2.25. The number of halogens is 2. The minimum Gasteiger partial charge on any atom is -0.388 e. The van der Waals surface area contributed by atoms with E-state index in [0.717, 1.165) is 12.8 Å². The summed E-state index contributed by atoms with van der Waals surface area (Å²) in [4.78, 5) is 0. The van der Waals surface area contributed by atoms with Crippen molar-refractivity contribution >= 4 is 0 Å². The molecule has 1 unspecified atom stereocenters. The Labute approximate surface area is 121 Å². The molecule has 0 radical (unpaired) electrons. The fraction of sp³-hybridized carbons (Fsp3) is 0.647. The van der Waals surface area contributed by atoms with E-state index in [0.29, 0.717) is 12.0 Å². The average Bonchev–Trinajstić information content (AvgIpc) is 2.46. The molecule has 1 rings (SSSR count). The lowest BCUT2D eigenvalue weighted by Gasteiger charge is -2.12. The van der Waals surface area contributed by atoms with Gasteiger partial charge in [0.2, 0.25) is 0 Å². The number of hydrogen-bond donors (Lipinski definition) is 1. The molecule has 0 saturated carbocycles. The smallest absolute Gasteiger partial charge is 0.263 e. The standard InChI is InChI=1S/C17H26F2O/c1-2-3-4-5-6-7-8-12-16(20)14-10-9-11-15(13-14)17(18)19/h9-11,13,16-17,20H,2-8,12H2,1H3. The molecule has 0 aliphatic heterocycles. The van der Waals surface area contributed by atoms with Crippen molar-refractivity contribution in [2.45, 2.75) is 70.8 Å². The van der Waals surface area contributed by atoms with Gasteiger partial charge in [-0.2, -0.15) is 0 Å². The number of aliphatic hydroxyl groups excluding tert-OH is 1. The lowest BCUT2D eigenvalue weighted by molar-refractivity contribution is 0.148. The lowest BCUT2D eigenvalue weighted by Crippen LogP contribution is -1.98. The van der Waals surface area contributed by atoms with Crippen LogP contribution in [0.2, 0.25) is 0 Å². The number of rotatable bonds is 10. The Hall–Kier alpha value is -0.960. The van der Waals surface area contributed by atoms with E-state index >= 15 is 0 Å². The maximum absolute atomic E-state index is 12.6. The zero-order valence-electron chi connectivity index (χ0n) is 12.3. The van der Waals surface area contributed by atoms with Gasteiger partial charge < -0.3 is 5.11 Å². The second-order valence-electron chi connectivity index (χ2n) is 5.40. The molecule has 0 heterocycles. The predicted molar refractivity (Wildman–Crippen MR) is 79.0 cm³/mol. The van der Waals surface area contributed by atoms with Crippen LogP contribution in [0.25, 0.3) is 0 Å². The van der Waals surface area contributed by atoms with E-state index in [9.17, 15) is 13.9 Å². The van der Waals surface area contributed by atoms with Crippen molar-refractivity contribution in [3.63, 3.8) is 0 Å². The highest BCUT2D eigenvalue weighted by Gasteiger charge is 2.11. The molecule has 0 saturated heterocycles. The van der Waals surface area contributed by atoms with Gasteiger partial charge in [-0.15, -0.1) is 0 Å². The zero-order chi connectivity index (χ0) is 14.8. The van der Waals surface area contributed by atoms with Crippen molar-refractivity contribution in [1.29, 1.82) is 0 Å². The fourth-order valence-corrected chi connectivity index (χ4v) is 2.36. The molecule has 0 aliphatic rings. The molecule has 0 aliphatic carbocycles. The summed E-state index contributed by atoms with van der Waals surface area (Å²) in [7, 11) is 0. The quantitative estimate of drug-likeness (QED) is 0.538. The number of hydrogen-bond acceptors (Lipinski definition) is 1. The Balaban J connectivity index is 2.25. The molecule has 1 atom stereocenters. The van der Waals surface area contributed by atoms with Crippen LogP contribution >= 0.6 is 0 Å². The van der Waals surface area contributed by atoms with Crippen LogP contribution in [0.1, 0.15) is 81.9 Å². The topological polar surface area (TPSA) is 20.2 Å². The molecule has 0 amide bonds. The van der Waals surface area contributed by atoms with E-state index in [4.69, 9.17) is 0 Å². The van der Waals surface area contributed by atoms with E-state index in [1.54, 1.807) is 12.1 Å². The molecule has 0 aromatic heterocycles. The molecule has 1 nitrogen and oxygen atoms in total. The van der Waals surface area contributed by atoms with Gasteiger partial charge in [-0.25, -0.2) is 8.78 Å². The Morgan fingerprint density at radius 2 is 1.55 bits per heavy atom. The molecule has 1 aromatic carbocycles. The van der Waals surface area contributed by atoms with Crippen molar-refractivity contribution < 1.29 is 13.9 Å². The molecule has 3 heteroatoms. The van der Waals surface area contributed by atoms with Crippen LogP contribution in [-0.2, 0) is 0 Å². The van der Waals surface area contributed by atoms with Crippen LogP contribution in [-0.4, -0.2) is 5.11 Å². The summed E-state index contributed by atoms with van der Waals surface area (Å²) in [6.45, 7) is 2.20. The Morgan fingerprint density at radius 3 is 2.20 bits per heavy atom. The first-order valence-electron chi connectivity index (χ1n) is 7.71. The third-order valence-electron chi connectivity index (χ3n) is 3.63. The number of unbranched alkanes of at least 4 members (excludes halogenated alkanes) is 6. The average molecular weight is 284 g/mol. The SMILES string of the molecule is CCCCCCCCCC(O)c1cccc(C(F)F)c1. The van der Waals surface area contributed by atoms with E-state index in [-0.39, 0.29) is 5.56 Å². The van der Waals surface area contributed by atoms with Gasteiger partial charge >= 0.3 is 0 Å². The monoisotopic (exact) mass is 284 g/mol. The predicted octanol–water partition coefficient (Wildman–Crippen LogP) is 5.80. The Bertz CT molecular complexity index is 366. The van der Waals surface area contributed by atoms with Crippen LogP contribution in [0.3, 0.4) is 0 Å². The first-order valence-corrected chi connectivity index (χ1v) is 7.71. The molecule has 0 spiro atoms. The zero-order valence-corrected chi connectivity index (χ0v) is 12.3. The Morgan fingerprint density at radius 1 is 0.950 bits per heavy atom. The summed E-state index contributed by atoms with van der Waals surface area (Å²) in [6, 6.07) is 6.12. The second-order valence-corrected chi connectivity index (χ2v) is 5.40. The number of aliphatic hydroxyl groups is 1. The van der Waals surface area contributed by atoms with Crippen molar-refractivity contribution in [2.24, 2.45) is 0 Å². The summed E-state index contributed by atoms with van der Waals surface area (Å²) in [5.41, 5.74) is 0.592. The molecular weight excluding hydrogens is 258 g/mol. The van der Waals surface area contributed by atoms with Crippen LogP contribution in [0.5, 0.6) is 0 Å². The minimum absolute atomic E-state index is 0.0129. The largest absolute Gasteiger partial charge is 0.388 e. The third-order valence-corrected chi connectivity index (χ3v) is 3.63. The molecular formula is C17H26F2O. The summed E-state index contributed by atoms with van der Waals surface area (Å²) in [6.07, 6.45) is 5.90. The van der Waals surface area contributed by atoms with Gasteiger partial charge in [0.15, 0.2) is 0 Å². The molecule has 20 heavy (non-hydrogen) atoms. The van der Waals surface area contributed by atoms with Crippen molar-refractivity contribution in [3.05, 3.63) is 35.4 Å². The normalized spacial score (nSPS) is 12.8. The number of benzene rings is 1. The van der Waals surface area contributed by atoms with Gasteiger partial charge in [-0.1, -0.05) is 70.1 Å². The summed E-state index contributed by atoms with van der Waals surface area (Å²) >= 11 is 0. The second kappa shape index (κ2) is 9.87. The first-order chi connectivity index (χ1) is 9.65. The summed E-state index contributed by atoms with van der Waals surface area (Å²) in [5, 5.41) is 10.0. The van der Waals surface area contributed by atoms with E-state index in [2.05, 4.69) is 6.92 Å². The summed E-state index contributed by atoms with van der Waals surface area (Å²) < 4.78 is 25.2. The molecule has 0 fully saturated rings. The van der Waals surface area contributed by atoms with Crippen LogP contribution in [0.4, 0.5) is 8.78 Å². The maximum atomic E-state index is 12.6. The molecule has 114 valence electrons. The fourth-order valence-electron chi connectivity index (χ4n) is 2.36.